The molecule has 0 aliphatic heterocycles. The summed E-state index contributed by atoms with van der Waals surface area (Å²) in [5, 5.41) is 2.51. The van der Waals surface area contributed by atoms with Gasteiger partial charge in [-0.15, -0.1) is 0 Å². The van der Waals surface area contributed by atoms with E-state index < -0.39 is 5.91 Å². The van der Waals surface area contributed by atoms with E-state index in [9.17, 15) is 9.59 Å². The fourth-order valence-corrected chi connectivity index (χ4v) is 2.30. The monoisotopic (exact) mass is 226 g/mol. The molecule has 0 aromatic carbocycles. The number of rotatable bonds is 6. The minimum atomic E-state index is -0.486. The van der Waals surface area contributed by atoms with E-state index in [4.69, 9.17) is 5.73 Å². The predicted molar refractivity (Wildman–Crippen MR) is 62.6 cm³/mol. The first-order valence-electron chi connectivity index (χ1n) is 6.23. The summed E-state index contributed by atoms with van der Waals surface area (Å²) in [4.78, 5) is 21.7. The topological polar surface area (TPSA) is 72.2 Å². The number of carbonyl (C=O) groups excluding carboxylic acids is 2. The highest BCUT2D eigenvalue weighted by atomic mass is 16.2. The molecular weight excluding hydrogens is 204 g/mol. The van der Waals surface area contributed by atoms with Crippen LogP contribution in [0.15, 0.2) is 0 Å². The van der Waals surface area contributed by atoms with Gasteiger partial charge < -0.3 is 11.1 Å². The lowest BCUT2D eigenvalue weighted by Gasteiger charge is -2.21. The molecule has 0 saturated heterocycles. The molecule has 4 heteroatoms. The molecule has 1 aliphatic carbocycles. The Morgan fingerprint density at radius 2 is 1.88 bits per heavy atom. The van der Waals surface area contributed by atoms with Crippen LogP contribution < -0.4 is 11.1 Å². The molecule has 0 spiro atoms. The Balaban J connectivity index is 2.01. The highest BCUT2D eigenvalue weighted by molar-refractivity contribution is 5.83. The van der Waals surface area contributed by atoms with Crippen molar-refractivity contribution in [2.24, 2.45) is 11.7 Å². The van der Waals surface area contributed by atoms with Crippen molar-refractivity contribution in [1.82, 2.24) is 5.32 Å². The van der Waals surface area contributed by atoms with Crippen molar-refractivity contribution < 1.29 is 9.59 Å². The molecular formula is C12H22N2O2. The summed E-state index contributed by atoms with van der Waals surface area (Å²) in [5.41, 5.74) is 4.93. The summed E-state index contributed by atoms with van der Waals surface area (Å²) < 4.78 is 0. The number of amides is 2. The summed E-state index contributed by atoms with van der Waals surface area (Å²) in [6.07, 6.45) is 9.29. The maximum Gasteiger partial charge on any atom is 0.236 e. The van der Waals surface area contributed by atoms with Crippen LogP contribution in [0.3, 0.4) is 0 Å². The molecule has 0 bridgehead atoms. The van der Waals surface area contributed by atoms with E-state index >= 15 is 0 Å². The van der Waals surface area contributed by atoms with Gasteiger partial charge in [0.25, 0.3) is 0 Å². The van der Waals surface area contributed by atoms with Gasteiger partial charge in [0.2, 0.25) is 11.8 Å². The van der Waals surface area contributed by atoms with Crippen LogP contribution in [0.25, 0.3) is 0 Å². The lowest BCUT2D eigenvalue weighted by Crippen LogP contribution is -2.33. The Kier molecular flexibility index (Phi) is 5.90. The highest BCUT2D eigenvalue weighted by Crippen LogP contribution is 2.27. The Hall–Kier alpha value is -1.06. The van der Waals surface area contributed by atoms with E-state index in [1.807, 2.05) is 0 Å². The Bertz CT molecular complexity index is 235. The maximum atomic E-state index is 11.3. The van der Waals surface area contributed by atoms with Gasteiger partial charge in [0.15, 0.2) is 0 Å². The van der Waals surface area contributed by atoms with Gasteiger partial charge in [0.1, 0.15) is 0 Å². The fraction of sp³-hybridized carbons (Fsp3) is 0.833. The van der Waals surface area contributed by atoms with Crippen LogP contribution in [-0.2, 0) is 9.59 Å². The fourth-order valence-electron chi connectivity index (χ4n) is 2.30. The average Bonchev–Trinajstić information content (AvgIpc) is 2.28. The molecule has 92 valence electrons. The SMILES string of the molecule is NC(=O)CNC(=O)CCCC1CCCCC1. The largest absolute Gasteiger partial charge is 0.368 e. The summed E-state index contributed by atoms with van der Waals surface area (Å²) >= 11 is 0. The van der Waals surface area contributed by atoms with Crippen molar-refractivity contribution in [2.45, 2.75) is 51.4 Å². The van der Waals surface area contributed by atoms with E-state index in [0.717, 1.165) is 18.8 Å². The molecule has 1 aliphatic rings. The lowest BCUT2D eigenvalue weighted by molar-refractivity contribution is -0.124. The number of primary amides is 1. The molecule has 1 fully saturated rings. The molecule has 0 aromatic heterocycles. The Morgan fingerprint density at radius 3 is 2.50 bits per heavy atom. The number of carbonyl (C=O) groups is 2. The second kappa shape index (κ2) is 7.25. The van der Waals surface area contributed by atoms with E-state index in [1.54, 1.807) is 0 Å². The zero-order valence-corrected chi connectivity index (χ0v) is 9.84. The summed E-state index contributed by atoms with van der Waals surface area (Å²) in [5.74, 6) is 0.271. The Morgan fingerprint density at radius 1 is 1.19 bits per heavy atom. The quantitative estimate of drug-likeness (QED) is 0.717. The molecule has 1 saturated carbocycles. The number of nitrogens with two attached hydrogens (primary N) is 1. The van der Waals surface area contributed by atoms with Crippen molar-refractivity contribution in [2.75, 3.05) is 6.54 Å². The number of hydrogen-bond acceptors (Lipinski definition) is 2. The van der Waals surface area contributed by atoms with Gasteiger partial charge in [0.05, 0.1) is 6.54 Å². The zero-order chi connectivity index (χ0) is 11.8. The molecule has 1 rings (SSSR count). The molecule has 0 heterocycles. The molecule has 2 amide bonds. The van der Waals surface area contributed by atoms with Crippen molar-refractivity contribution in [1.29, 1.82) is 0 Å². The Labute approximate surface area is 97.0 Å². The molecule has 16 heavy (non-hydrogen) atoms. The first-order valence-corrected chi connectivity index (χ1v) is 6.23. The summed E-state index contributed by atoms with van der Waals surface area (Å²) in [7, 11) is 0. The van der Waals surface area contributed by atoms with Gasteiger partial charge >= 0.3 is 0 Å². The maximum absolute atomic E-state index is 11.3. The first kappa shape index (κ1) is 13.0. The van der Waals surface area contributed by atoms with Crippen LogP contribution in [0.2, 0.25) is 0 Å². The van der Waals surface area contributed by atoms with Crippen LogP contribution in [0.5, 0.6) is 0 Å². The molecule has 0 radical (unpaired) electrons. The van der Waals surface area contributed by atoms with Gasteiger partial charge in [-0.1, -0.05) is 32.1 Å². The minimum Gasteiger partial charge on any atom is -0.368 e. The van der Waals surface area contributed by atoms with Gasteiger partial charge in [-0.2, -0.15) is 0 Å². The third kappa shape index (κ3) is 5.73. The average molecular weight is 226 g/mol. The third-order valence-electron chi connectivity index (χ3n) is 3.20. The van der Waals surface area contributed by atoms with E-state index in [-0.39, 0.29) is 12.5 Å². The van der Waals surface area contributed by atoms with Gasteiger partial charge in [-0.25, -0.2) is 0 Å². The molecule has 0 unspecified atom stereocenters. The summed E-state index contributed by atoms with van der Waals surface area (Å²) in [6.45, 7) is -0.0394. The predicted octanol–water partition coefficient (Wildman–Crippen LogP) is 1.34. The highest BCUT2D eigenvalue weighted by Gasteiger charge is 2.13. The van der Waals surface area contributed by atoms with Crippen LogP contribution in [0, 0.1) is 5.92 Å². The summed E-state index contributed by atoms with van der Waals surface area (Å²) in [6, 6.07) is 0. The zero-order valence-electron chi connectivity index (χ0n) is 9.84. The smallest absolute Gasteiger partial charge is 0.236 e. The third-order valence-corrected chi connectivity index (χ3v) is 3.20. The molecule has 0 aromatic rings. The standard InChI is InChI=1S/C12H22N2O2/c13-11(15)9-14-12(16)8-4-7-10-5-2-1-3-6-10/h10H,1-9H2,(H2,13,15)(H,14,16). The minimum absolute atomic E-state index is 0.0394. The number of hydrogen-bond donors (Lipinski definition) is 2. The van der Waals surface area contributed by atoms with Crippen LogP contribution in [0.1, 0.15) is 51.4 Å². The van der Waals surface area contributed by atoms with E-state index in [1.165, 1.54) is 32.1 Å². The lowest BCUT2D eigenvalue weighted by atomic mass is 9.86. The van der Waals surface area contributed by atoms with Crippen molar-refractivity contribution >= 4 is 11.8 Å². The van der Waals surface area contributed by atoms with Crippen LogP contribution >= 0.6 is 0 Å². The molecule has 3 N–H and O–H groups in total. The van der Waals surface area contributed by atoms with Gasteiger partial charge in [0, 0.05) is 6.42 Å². The second-order valence-corrected chi connectivity index (χ2v) is 4.64. The van der Waals surface area contributed by atoms with Crippen molar-refractivity contribution in [3.8, 4) is 0 Å². The normalized spacial score (nSPS) is 17.0. The van der Waals surface area contributed by atoms with Crippen LogP contribution in [0.4, 0.5) is 0 Å². The van der Waals surface area contributed by atoms with Crippen LogP contribution in [-0.4, -0.2) is 18.4 Å². The van der Waals surface area contributed by atoms with E-state index in [2.05, 4.69) is 5.32 Å². The first-order chi connectivity index (χ1) is 7.68. The second-order valence-electron chi connectivity index (χ2n) is 4.64. The van der Waals surface area contributed by atoms with Gasteiger partial charge in [-0.05, 0) is 18.8 Å². The van der Waals surface area contributed by atoms with Gasteiger partial charge in [-0.3, -0.25) is 9.59 Å². The van der Waals surface area contributed by atoms with Crippen molar-refractivity contribution in [3.05, 3.63) is 0 Å². The van der Waals surface area contributed by atoms with Crippen molar-refractivity contribution in [3.63, 3.8) is 0 Å². The molecule has 0 atom stereocenters. The van der Waals surface area contributed by atoms with E-state index in [0.29, 0.717) is 6.42 Å². The number of nitrogens with one attached hydrogen (secondary N) is 1. The molecule has 4 nitrogen and oxygen atoms in total.